The van der Waals surface area contributed by atoms with E-state index in [2.05, 4.69) is 20.6 Å². The monoisotopic (exact) mass is 260 g/mol. The van der Waals surface area contributed by atoms with Gasteiger partial charge in [-0.15, -0.1) is 0 Å². The van der Waals surface area contributed by atoms with E-state index >= 15 is 0 Å². The highest BCUT2D eigenvalue weighted by Gasteiger charge is 2.16. The molecule has 0 unspecified atom stereocenters. The maximum atomic E-state index is 12.2. The van der Waals surface area contributed by atoms with Crippen LogP contribution in [0.1, 0.15) is 27.4 Å². The highest BCUT2D eigenvalue weighted by molar-refractivity contribution is 6.06. The van der Waals surface area contributed by atoms with Gasteiger partial charge in [-0.05, 0) is 26.8 Å². The van der Waals surface area contributed by atoms with E-state index in [4.69, 9.17) is 5.73 Å². The number of nitrogens with one attached hydrogen (secondary N) is 1. The lowest BCUT2D eigenvalue weighted by Gasteiger charge is -2.08. The Labute approximate surface area is 110 Å². The van der Waals surface area contributed by atoms with E-state index in [9.17, 15) is 4.79 Å². The summed E-state index contributed by atoms with van der Waals surface area (Å²) >= 11 is 0. The smallest absolute Gasteiger partial charge is 0.258 e. The first-order valence-electron chi connectivity index (χ1n) is 5.81. The van der Waals surface area contributed by atoms with E-state index < -0.39 is 0 Å². The number of anilines is 2. The zero-order valence-corrected chi connectivity index (χ0v) is 11.4. The Hall–Kier alpha value is -2.44. The number of nitrogens with zero attached hydrogens (tertiary/aromatic N) is 4. The number of amides is 1. The normalized spacial score (nSPS) is 10.5. The molecule has 2 rings (SSSR count). The van der Waals surface area contributed by atoms with Crippen LogP contribution in [0.2, 0.25) is 0 Å². The summed E-state index contributed by atoms with van der Waals surface area (Å²) in [5.41, 5.74) is 8.75. The quantitative estimate of drug-likeness (QED) is 0.838. The minimum atomic E-state index is -0.273. The van der Waals surface area contributed by atoms with Crippen molar-refractivity contribution in [3.63, 3.8) is 0 Å². The molecule has 0 aliphatic carbocycles. The Morgan fingerprint density at radius 1 is 1.26 bits per heavy atom. The van der Waals surface area contributed by atoms with Crippen molar-refractivity contribution < 1.29 is 4.79 Å². The largest absolute Gasteiger partial charge is 0.394 e. The van der Waals surface area contributed by atoms with Crippen molar-refractivity contribution in [1.29, 1.82) is 0 Å². The van der Waals surface area contributed by atoms with Crippen molar-refractivity contribution in [3.8, 4) is 0 Å². The maximum absolute atomic E-state index is 12.2. The topological polar surface area (TPSA) is 98.7 Å². The molecule has 0 bridgehead atoms. The van der Waals surface area contributed by atoms with Crippen molar-refractivity contribution in [2.75, 3.05) is 11.1 Å². The maximum Gasteiger partial charge on any atom is 0.258 e. The van der Waals surface area contributed by atoms with Gasteiger partial charge in [0, 0.05) is 7.05 Å². The second-order valence-electron chi connectivity index (χ2n) is 4.41. The first kappa shape index (κ1) is 13.0. The van der Waals surface area contributed by atoms with Crippen LogP contribution < -0.4 is 11.1 Å². The molecule has 0 aliphatic rings. The fourth-order valence-corrected chi connectivity index (χ4v) is 1.78. The van der Waals surface area contributed by atoms with Gasteiger partial charge in [0.2, 0.25) is 0 Å². The molecule has 2 aromatic heterocycles. The molecule has 19 heavy (non-hydrogen) atoms. The molecule has 2 aromatic rings. The SMILES string of the molecule is Cc1cc(C(=O)Nc2c(N)c(C)nn2C)c(C)nn1. The predicted octanol–water partition coefficient (Wildman–Crippen LogP) is 0.970. The molecule has 7 heteroatoms. The van der Waals surface area contributed by atoms with Crippen LogP contribution in [0.3, 0.4) is 0 Å². The first-order valence-corrected chi connectivity index (χ1v) is 5.81. The number of hydrogen-bond acceptors (Lipinski definition) is 5. The van der Waals surface area contributed by atoms with E-state index in [1.807, 2.05) is 0 Å². The zero-order valence-electron chi connectivity index (χ0n) is 11.4. The Morgan fingerprint density at radius 3 is 2.53 bits per heavy atom. The third-order valence-corrected chi connectivity index (χ3v) is 2.85. The number of rotatable bonds is 2. The van der Waals surface area contributed by atoms with Gasteiger partial charge in [-0.3, -0.25) is 9.48 Å². The van der Waals surface area contributed by atoms with Crippen LogP contribution in [-0.2, 0) is 7.05 Å². The lowest BCUT2D eigenvalue weighted by molar-refractivity contribution is 0.102. The number of carbonyl (C=O) groups is 1. The van der Waals surface area contributed by atoms with Crippen molar-refractivity contribution >= 4 is 17.4 Å². The minimum Gasteiger partial charge on any atom is -0.394 e. The summed E-state index contributed by atoms with van der Waals surface area (Å²) < 4.78 is 1.54. The van der Waals surface area contributed by atoms with Gasteiger partial charge in [0.25, 0.3) is 5.91 Å². The minimum absolute atomic E-state index is 0.273. The molecule has 0 fully saturated rings. The number of nitrogen functional groups attached to an aromatic ring is 1. The molecule has 0 spiro atoms. The van der Waals surface area contributed by atoms with Crippen LogP contribution in [0.25, 0.3) is 0 Å². The van der Waals surface area contributed by atoms with Crippen LogP contribution >= 0.6 is 0 Å². The Balaban J connectivity index is 2.33. The molecule has 0 atom stereocenters. The van der Waals surface area contributed by atoms with Crippen molar-refractivity contribution in [2.45, 2.75) is 20.8 Å². The van der Waals surface area contributed by atoms with Crippen molar-refractivity contribution in [3.05, 3.63) is 28.7 Å². The molecule has 0 saturated heterocycles. The molecular weight excluding hydrogens is 244 g/mol. The molecule has 1 amide bonds. The summed E-state index contributed by atoms with van der Waals surface area (Å²) in [6.45, 7) is 5.30. The van der Waals surface area contributed by atoms with E-state index in [1.54, 1.807) is 38.6 Å². The predicted molar refractivity (Wildman–Crippen MR) is 71.8 cm³/mol. The zero-order chi connectivity index (χ0) is 14.2. The fourth-order valence-electron chi connectivity index (χ4n) is 1.78. The fraction of sp³-hybridized carbons (Fsp3) is 0.333. The van der Waals surface area contributed by atoms with E-state index in [-0.39, 0.29) is 5.91 Å². The van der Waals surface area contributed by atoms with Gasteiger partial charge in [0.05, 0.1) is 28.3 Å². The average Bonchev–Trinajstić information content (AvgIpc) is 2.59. The van der Waals surface area contributed by atoms with Gasteiger partial charge >= 0.3 is 0 Å². The summed E-state index contributed by atoms with van der Waals surface area (Å²) in [7, 11) is 1.72. The van der Waals surface area contributed by atoms with Crippen LogP contribution in [0.15, 0.2) is 6.07 Å². The summed E-state index contributed by atoms with van der Waals surface area (Å²) in [5, 5.41) is 14.7. The van der Waals surface area contributed by atoms with Crippen LogP contribution in [-0.4, -0.2) is 25.9 Å². The molecular formula is C12H16N6O. The van der Waals surface area contributed by atoms with Gasteiger partial charge in [-0.25, -0.2) is 0 Å². The second-order valence-corrected chi connectivity index (χ2v) is 4.41. The summed E-state index contributed by atoms with van der Waals surface area (Å²) in [6.07, 6.45) is 0. The molecule has 2 heterocycles. The number of aryl methyl sites for hydroxylation is 4. The third-order valence-electron chi connectivity index (χ3n) is 2.85. The third kappa shape index (κ3) is 2.40. The number of hydrogen-bond donors (Lipinski definition) is 2. The average molecular weight is 260 g/mol. The summed E-state index contributed by atoms with van der Waals surface area (Å²) in [5.74, 6) is 0.210. The van der Waals surface area contributed by atoms with Crippen LogP contribution in [0, 0.1) is 20.8 Å². The van der Waals surface area contributed by atoms with Crippen LogP contribution in [0.4, 0.5) is 11.5 Å². The highest BCUT2D eigenvalue weighted by Crippen LogP contribution is 2.21. The lowest BCUT2D eigenvalue weighted by atomic mass is 10.2. The summed E-state index contributed by atoms with van der Waals surface area (Å²) in [6, 6.07) is 1.69. The Morgan fingerprint density at radius 2 is 1.95 bits per heavy atom. The number of nitrogens with two attached hydrogens (primary N) is 1. The van der Waals surface area contributed by atoms with Gasteiger partial charge in [0.1, 0.15) is 0 Å². The Bertz CT molecular complexity index is 646. The van der Waals surface area contributed by atoms with E-state index in [0.29, 0.717) is 34.2 Å². The molecule has 0 aliphatic heterocycles. The van der Waals surface area contributed by atoms with Gasteiger partial charge in [-0.2, -0.15) is 15.3 Å². The summed E-state index contributed by atoms with van der Waals surface area (Å²) in [4.78, 5) is 12.2. The lowest BCUT2D eigenvalue weighted by Crippen LogP contribution is -2.18. The highest BCUT2D eigenvalue weighted by atomic mass is 16.1. The molecule has 0 saturated carbocycles. The first-order chi connectivity index (χ1) is 8.90. The molecule has 0 radical (unpaired) electrons. The Kier molecular flexibility index (Phi) is 3.20. The van der Waals surface area contributed by atoms with Crippen molar-refractivity contribution in [1.82, 2.24) is 20.0 Å². The van der Waals surface area contributed by atoms with Gasteiger partial charge < -0.3 is 11.1 Å². The number of aromatic nitrogens is 4. The molecule has 7 nitrogen and oxygen atoms in total. The standard InChI is InChI=1S/C12H16N6O/c1-6-5-9(7(2)16-15-6)12(19)14-11-10(13)8(3)17-18(11)4/h5H,13H2,1-4H3,(H,14,19). The molecule has 3 N–H and O–H groups in total. The van der Waals surface area contributed by atoms with E-state index in [0.717, 1.165) is 0 Å². The molecule has 0 aromatic carbocycles. The van der Waals surface area contributed by atoms with Crippen molar-refractivity contribution in [2.24, 2.45) is 7.05 Å². The second kappa shape index (κ2) is 4.68. The number of carbonyl (C=O) groups excluding carboxylic acids is 1. The van der Waals surface area contributed by atoms with Gasteiger partial charge in [-0.1, -0.05) is 0 Å². The van der Waals surface area contributed by atoms with E-state index in [1.165, 1.54) is 0 Å². The molecule has 100 valence electrons. The van der Waals surface area contributed by atoms with Crippen LogP contribution in [0.5, 0.6) is 0 Å². The van der Waals surface area contributed by atoms with Gasteiger partial charge in [0.15, 0.2) is 5.82 Å².